The number of carboxylic acid groups (broad SMARTS) is 1. The molecular weight excluding hydrogens is 254 g/mol. The summed E-state index contributed by atoms with van der Waals surface area (Å²) in [6, 6.07) is 5.78. The lowest BCUT2D eigenvalue weighted by molar-refractivity contribution is -0.147. The van der Waals surface area contributed by atoms with Gasteiger partial charge >= 0.3 is 5.97 Å². The first kappa shape index (κ1) is 14.9. The summed E-state index contributed by atoms with van der Waals surface area (Å²) in [6.07, 6.45) is 0.945. The van der Waals surface area contributed by atoms with Crippen molar-refractivity contribution in [2.24, 2.45) is 0 Å². The summed E-state index contributed by atoms with van der Waals surface area (Å²) in [5, 5.41) is 9.75. The van der Waals surface area contributed by atoms with Gasteiger partial charge in [-0.1, -0.05) is 32.9 Å². The van der Waals surface area contributed by atoms with Gasteiger partial charge in [0.05, 0.1) is 5.41 Å². The Hall–Kier alpha value is -1.55. The Balaban J connectivity index is 2.56. The van der Waals surface area contributed by atoms with Crippen LogP contribution in [-0.2, 0) is 20.4 Å². The minimum Gasteiger partial charge on any atom is -0.481 e. The second-order valence-corrected chi connectivity index (χ2v) is 6.55. The Morgan fingerprint density at radius 2 is 1.90 bits per heavy atom. The highest BCUT2D eigenvalue weighted by Crippen LogP contribution is 2.40. The van der Waals surface area contributed by atoms with E-state index in [2.05, 4.69) is 20.8 Å². The van der Waals surface area contributed by atoms with Crippen molar-refractivity contribution in [1.82, 2.24) is 0 Å². The zero-order valence-electron chi connectivity index (χ0n) is 12.4. The van der Waals surface area contributed by atoms with Crippen molar-refractivity contribution in [2.75, 3.05) is 18.9 Å². The van der Waals surface area contributed by atoms with Crippen molar-refractivity contribution in [2.45, 2.75) is 44.4 Å². The van der Waals surface area contributed by atoms with E-state index in [1.165, 1.54) is 0 Å². The summed E-state index contributed by atoms with van der Waals surface area (Å²) in [5.41, 5.74) is 7.53. The van der Waals surface area contributed by atoms with Crippen molar-refractivity contribution < 1.29 is 14.6 Å². The Labute approximate surface area is 119 Å². The van der Waals surface area contributed by atoms with Crippen LogP contribution in [0.15, 0.2) is 18.2 Å². The van der Waals surface area contributed by atoms with Crippen molar-refractivity contribution in [3.05, 3.63) is 29.3 Å². The van der Waals surface area contributed by atoms with Gasteiger partial charge in [0.15, 0.2) is 0 Å². The second-order valence-electron chi connectivity index (χ2n) is 6.55. The molecule has 0 atom stereocenters. The largest absolute Gasteiger partial charge is 0.481 e. The van der Waals surface area contributed by atoms with E-state index in [4.69, 9.17) is 10.5 Å². The molecule has 1 aromatic rings. The van der Waals surface area contributed by atoms with Crippen LogP contribution >= 0.6 is 0 Å². The van der Waals surface area contributed by atoms with Gasteiger partial charge in [-0.3, -0.25) is 4.79 Å². The summed E-state index contributed by atoms with van der Waals surface area (Å²) in [4.78, 5) is 11.9. The van der Waals surface area contributed by atoms with Crippen LogP contribution in [0.4, 0.5) is 5.69 Å². The summed E-state index contributed by atoms with van der Waals surface area (Å²) < 4.78 is 5.33. The van der Waals surface area contributed by atoms with Crippen LogP contribution in [0.3, 0.4) is 0 Å². The standard InChI is InChI=1S/C16H23NO3/c1-15(2,3)11-4-5-13(17)12(10-11)16(14(18)19)6-8-20-9-7-16/h4-5,10H,6-9,17H2,1-3H3,(H,18,19). The van der Waals surface area contributed by atoms with Gasteiger partial charge in [-0.2, -0.15) is 0 Å². The molecule has 0 amide bonds. The number of ether oxygens (including phenoxy) is 1. The van der Waals surface area contributed by atoms with E-state index in [9.17, 15) is 9.90 Å². The Morgan fingerprint density at radius 1 is 1.30 bits per heavy atom. The van der Waals surface area contributed by atoms with Gasteiger partial charge in [-0.05, 0) is 35.4 Å². The zero-order valence-corrected chi connectivity index (χ0v) is 12.4. The normalized spacial score (nSPS) is 18.8. The van der Waals surface area contributed by atoms with Gasteiger partial charge in [0.1, 0.15) is 0 Å². The lowest BCUT2D eigenvalue weighted by Gasteiger charge is -2.35. The number of benzene rings is 1. The highest BCUT2D eigenvalue weighted by molar-refractivity contribution is 5.84. The van der Waals surface area contributed by atoms with Crippen molar-refractivity contribution in [1.29, 1.82) is 0 Å². The third-order valence-electron chi connectivity index (χ3n) is 4.19. The lowest BCUT2D eigenvalue weighted by atomic mass is 9.72. The second kappa shape index (κ2) is 5.09. The fourth-order valence-corrected chi connectivity index (χ4v) is 2.76. The van der Waals surface area contributed by atoms with E-state index in [-0.39, 0.29) is 5.41 Å². The molecule has 3 N–H and O–H groups in total. The highest BCUT2D eigenvalue weighted by atomic mass is 16.5. The summed E-state index contributed by atoms with van der Waals surface area (Å²) >= 11 is 0. The van der Waals surface area contributed by atoms with Gasteiger partial charge in [-0.15, -0.1) is 0 Å². The molecule has 0 aromatic heterocycles. The van der Waals surface area contributed by atoms with Gasteiger partial charge < -0.3 is 15.6 Å². The third kappa shape index (κ3) is 2.52. The molecule has 0 radical (unpaired) electrons. The lowest BCUT2D eigenvalue weighted by Crippen LogP contribution is -2.42. The van der Waals surface area contributed by atoms with Crippen molar-refractivity contribution in [3.63, 3.8) is 0 Å². The number of nitrogen functional groups attached to an aromatic ring is 1. The summed E-state index contributed by atoms with van der Waals surface area (Å²) in [5.74, 6) is -0.807. The molecule has 4 heteroatoms. The minimum atomic E-state index is -0.913. The molecule has 110 valence electrons. The molecule has 20 heavy (non-hydrogen) atoms. The SMILES string of the molecule is CC(C)(C)c1ccc(N)c(C2(C(=O)O)CCOCC2)c1. The first-order valence-corrected chi connectivity index (χ1v) is 6.99. The topological polar surface area (TPSA) is 72.6 Å². The van der Waals surface area contributed by atoms with Crippen LogP contribution in [0.5, 0.6) is 0 Å². The first-order chi connectivity index (χ1) is 9.27. The summed E-state index contributed by atoms with van der Waals surface area (Å²) in [7, 11) is 0. The molecule has 1 aromatic carbocycles. The molecule has 1 heterocycles. The maximum atomic E-state index is 11.9. The van der Waals surface area contributed by atoms with E-state index >= 15 is 0 Å². The van der Waals surface area contributed by atoms with Gasteiger partial charge in [0.2, 0.25) is 0 Å². The Bertz CT molecular complexity index is 511. The fraction of sp³-hybridized carbons (Fsp3) is 0.562. The number of carbonyl (C=O) groups is 1. The van der Waals surface area contributed by atoms with Gasteiger partial charge in [0.25, 0.3) is 0 Å². The molecular formula is C16H23NO3. The highest BCUT2D eigenvalue weighted by Gasteiger charge is 2.43. The van der Waals surface area contributed by atoms with E-state index in [1.807, 2.05) is 18.2 Å². The number of hydrogen-bond acceptors (Lipinski definition) is 3. The number of hydrogen-bond donors (Lipinski definition) is 2. The Kier molecular flexibility index (Phi) is 3.78. The third-order valence-corrected chi connectivity index (χ3v) is 4.19. The molecule has 1 aliphatic rings. The maximum absolute atomic E-state index is 11.9. The molecule has 1 saturated heterocycles. The molecule has 2 rings (SSSR count). The summed E-state index contributed by atoms with van der Waals surface area (Å²) in [6.45, 7) is 7.26. The van der Waals surface area contributed by atoms with Crippen LogP contribution < -0.4 is 5.73 Å². The molecule has 1 fully saturated rings. The van der Waals surface area contributed by atoms with Crippen LogP contribution in [0.2, 0.25) is 0 Å². The van der Waals surface area contributed by atoms with Gasteiger partial charge in [-0.25, -0.2) is 0 Å². The number of rotatable bonds is 2. The number of nitrogens with two attached hydrogens (primary N) is 1. The van der Waals surface area contributed by atoms with E-state index in [1.54, 1.807) is 0 Å². The van der Waals surface area contributed by atoms with Crippen LogP contribution in [-0.4, -0.2) is 24.3 Å². The van der Waals surface area contributed by atoms with Crippen LogP contribution in [0, 0.1) is 0 Å². The van der Waals surface area contributed by atoms with Gasteiger partial charge in [0, 0.05) is 18.9 Å². The molecule has 4 nitrogen and oxygen atoms in total. The van der Waals surface area contributed by atoms with Crippen LogP contribution in [0.25, 0.3) is 0 Å². The number of aliphatic carboxylic acids is 1. The van der Waals surface area contributed by atoms with E-state index in [0.29, 0.717) is 31.7 Å². The van der Waals surface area contributed by atoms with Crippen LogP contribution in [0.1, 0.15) is 44.7 Å². The first-order valence-electron chi connectivity index (χ1n) is 6.99. The number of carboxylic acids is 1. The quantitative estimate of drug-likeness (QED) is 0.815. The number of anilines is 1. The monoisotopic (exact) mass is 277 g/mol. The average molecular weight is 277 g/mol. The fourth-order valence-electron chi connectivity index (χ4n) is 2.76. The molecule has 0 aliphatic carbocycles. The molecule has 0 unspecified atom stereocenters. The molecule has 0 saturated carbocycles. The molecule has 1 aliphatic heterocycles. The van der Waals surface area contributed by atoms with Crippen molar-refractivity contribution in [3.8, 4) is 0 Å². The van der Waals surface area contributed by atoms with E-state index in [0.717, 1.165) is 11.1 Å². The predicted octanol–water partition coefficient (Wildman–Crippen LogP) is 2.70. The average Bonchev–Trinajstić information content (AvgIpc) is 2.38. The Morgan fingerprint density at radius 3 is 2.40 bits per heavy atom. The zero-order chi connectivity index (χ0) is 15.0. The van der Waals surface area contributed by atoms with E-state index < -0.39 is 11.4 Å². The molecule has 0 bridgehead atoms. The molecule has 0 spiro atoms. The smallest absolute Gasteiger partial charge is 0.314 e. The van der Waals surface area contributed by atoms with Crippen molar-refractivity contribution >= 4 is 11.7 Å². The minimum absolute atomic E-state index is 0.0344. The maximum Gasteiger partial charge on any atom is 0.314 e. The predicted molar refractivity (Wildman–Crippen MR) is 78.9 cm³/mol.